The first-order valence-electron chi connectivity index (χ1n) is 7.17. The van der Waals surface area contributed by atoms with Gasteiger partial charge in [-0.15, -0.1) is 0 Å². The molecule has 3 rings (SSSR count). The smallest absolute Gasteiger partial charge is 0.157 e. The van der Waals surface area contributed by atoms with Crippen molar-refractivity contribution in [2.45, 2.75) is 44.7 Å². The molecule has 2 aliphatic rings. The molecular formula is C16H21FN2S. The molecule has 2 nitrogen and oxygen atoms in total. The molecule has 1 fully saturated rings. The highest BCUT2D eigenvalue weighted by Crippen LogP contribution is 2.59. The number of amidine groups is 1. The van der Waals surface area contributed by atoms with E-state index in [9.17, 15) is 4.39 Å². The van der Waals surface area contributed by atoms with Crippen LogP contribution in [0.1, 0.15) is 39.2 Å². The maximum atomic E-state index is 14.1. The molecule has 0 aromatic heterocycles. The maximum Gasteiger partial charge on any atom is 0.157 e. The second-order valence-corrected chi connectivity index (χ2v) is 7.82. The van der Waals surface area contributed by atoms with Gasteiger partial charge in [-0.2, -0.15) is 0 Å². The molecule has 1 aromatic rings. The van der Waals surface area contributed by atoms with Crippen LogP contribution in [0.25, 0.3) is 0 Å². The molecule has 1 aliphatic carbocycles. The fraction of sp³-hybridized carbons (Fsp3) is 0.562. The summed E-state index contributed by atoms with van der Waals surface area (Å²) in [6.07, 6.45) is 2.08. The van der Waals surface area contributed by atoms with Crippen molar-refractivity contribution in [1.29, 1.82) is 0 Å². The maximum absolute atomic E-state index is 14.1. The van der Waals surface area contributed by atoms with E-state index in [2.05, 4.69) is 26.1 Å². The standard InChI is InChI=1S/C16H21FN2S/c1-15(2,3)18-14-19-16(10-11(16)8-9-20-14)12-6-4-5-7-13(12)17/h4-7,11H,8-10H2,1-3H3,(H,18,19)/t11-,16+/m0/s1. The van der Waals surface area contributed by atoms with E-state index in [-0.39, 0.29) is 16.9 Å². The summed E-state index contributed by atoms with van der Waals surface area (Å²) in [5.74, 6) is 1.43. The Hall–Kier alpha value is -1.03. The largest absolute Gasteiger partial charge is 0.360 e. The third kappa shape index (κ3) is 2.58. The van der Waals surface area contributed by atoms with Crippen LogP contribution in [0.3, 0.4) is 0 Å². The summed E-state index contributed by atoms with van der Waals surface area (Å²) in [5.41, 5.74) is 0.431. The molecule has 0 spiro atoms. The molecule has 1 heterocycles. The van der Waals surface area contributed by atoms with Gasteiger partial charge in [0.2, 0.25) is 0 Å². The minimum atomic E-state index is -0.317. The van der Waals surface area contributed by atoms with Crippen LogP contribution in [0.5, 0.6) is 0 Å². The van der Waals surface area contributed by atoms with Gasteiger partial charge in [0.25, 0.3) is 0 Å². The van der Waals surface area contributed by atoms with Crippen molar-refractivity contribution in [1.82, 2.24) is 5.32 Å². The van der Waals surface area contributed by atoms with Crippen molar-refractivity contribution >= 4 is 16.9 Å². The molecule has 1 N–H and O–H groups in total. The van der Waals surface area contributed by atoms with Crippen molar-refractivity contribution in [2.24, 2.45) is 10.9 Å². The van der Waals surface area contributed by atoms with Crippen molar-refractivity contribution in [3.63, 3.8) is 0 Å². The lowest BCUT2D eigenvalue weighted by Crippen LogP contribution is -2.39. The Balaban J connectivity index is 1.96. The molecular weight excluding hydrogens is 271 g/mol. The number of hydrogen-bond acceptors (Lipinski definition) is 3. The third-order valence-electron chi connectivity index (χ3n) is 3.90. The number of hydrogen-bond donors (Lipinski definition) is 1. The lowest BCUT2D eigenvalue weighted by molar-refractivity contribution is 0.508. The van der Waals surface area contributed by atoms with E-state index in [1.807, 2.05) is 12.1 Å². The summed E-state index contributed by atoms with van der Waals surface area (Å²) in [6.45, 7) is 6.38. The van der Waals surface area contributed by atoms with Crippen molar-refractivity contribution in [3.05, 3.63) is 35.6 Å². The zero-order chi connectivity index (χ0) is 14.4. The molecule has 2 atom stereocenters. The lowest BCUT2D eigenvalue weighted by atomic mass is 10.0. The summed E-state index contributed by atoms with van der Waals surface area (Å²) >= 11 is 1.76. The van der Waals surface area contributed by atoms with E-state index < -0.39 is 0 Å². The Labute approximate surface area is 124 Å². The van der Waals surface area contributed by atoms with Gasteiger partial charge in [-0.25, -0.2) is 4.39 Å². The number of benzene rings is 1. The van der Waals surface area contributed by atoms with E-state index >= 15 is 0 Å². The molecule has 0 radical (unpaired) electrons. The summed E-state index contributed by atoms with van der Waals surface area (Å²) in [5, 5.41) is 4.42. The summed E-state index contributed by atoms with van der Waals surface area (Å²) in [7, 11) is 0. The van der Waals surface area contributed by atoms with Gasteiger partial charge in [-0.1, -0.05) is 30.0 Å². The van der Waals surface area contributed by atoms with Crippen LogP contribution < -0.4 is 5.32 Å². The van der Waals surface area contributed by atoms with Crippen LogP contribution in [0.4, 0.5) is 4.39 Å². The number of nitrogens with one attached hydrogen (secondary N) is 1. The first-order valence-corrected chi connectivity index (χ1v) is 8.15. The predicted octanol–water partition coefficient (Wildman–Crippen LogP) is 3.92. The molecule has 1 aromatic carbocycles. The highest BCUT2D eigenvalue weighted by atomic mass is 32.2. The molecule has 0 unspecified atom stereocenters. The third-order valence-corrected chi connectivity index (χ3v) is 4.81. The van der Waals surface area contributed by atoms with Gasteiger partial charge >= 0.3 is 0 Å². The van der Waals surface area contributed by atoms with Crippen LogP contribution in [-0.4, -0.2) is 16.5 Å². The van der Waals surface area contributed by atoms with Gasteiger partial charge in [-0.05, 0) is 45.6 Å². The van der Waals surface area contributed by atoms with Crippen molar-refractivity contribution in [2.75, 3.05) is 5.75 Å². The Kier molecular flexibility index (Phi) is 3.32. The highest BCUT2D eigenvalue weighted by molar-refractivity contribution is 8.13. The van der Waals surface area contributed by atoms with Crippen LogP contribution in [-0.2, 0) is 5.54 Å². The normalized spacial score (nSPS) is 29.2. The fourth-order valence-corrected chi connectivity index (χ4v) is 4.09. The van der Waals surface area contributed by atoms with Gasteiger partial charge in [0.05, 0.1) is 5.54 Å². The molecule has 0 saturated heterocycles. The Morgan fingerprint density at radius 2 is 2.10 bits per heavy atom. The van der Waals surface area contributed by atoms with E-state index in [0.29, 0.717) is 5.92 Å². The molecule has 1 aliphatic heterocycles. The summed E-state index contributed by atoms with van der Waals surface area (Å²) < 4.78 is 14.1. The first kappa shape index (κ1) is 13.9. The van der Waals surface area contributed by atoms with Gasteiger partial charge in [0.15, 0.2) is 5.17 Å². The van der Waals surface area contributed by atoms with Crippen LogP contribution in [0.2, 0.25) is 0 Å². The summed E-state index contributed by atoms with van der Waals surface area (Å²) in [6, 6.07) is 7.09. The van der Waals surface area contributed by atoms with Gasteiger partial charge in [0.1, 0.15) is 5.82 Å². The van der Waals surface area contributed by atoms with E-state index in [0.717, 1.165) is 29.3 Å². The minimum absolute atomic E-state index is 0.0169. The van der Waals surface area contributed by atoms with E-state index in [1.165, 1.54) is 0 Å². The molecule has 1 saturated carbocycles. The molecule has 108 valence electrons. The van der Waals surface area contributed by atoms with Crippen LogP contribution >= 0.6 is 11.8 Å². The van der Waals surface area contributed by atoms with E-state index in [1.54, 1.807) is 23.9 Å². The number of nitrogens with zero attached hydrogens (tertiary/aromatic N) is 1. The van der Waals surface area contributed by atoms with Gasteiger partial charge in [-0.3, -0.25) is 4.99 Å². The number of halogens is 1. The number of thioether (sulfide) groups is 1. The molecule has 4 heteroatoms. The molecule has 0 bridgehead atoms. The first-order chi connectivity index (χ1) is 9.41. The van der Waals surface area contributed by atoms with Crippen LogP contribution in [0, 0.1) is 11.7 Å². The monoisotopic (exact) mass is 292 g/mol. The van der Waals surface area contributed by atoms with Crippen molar-refractivity contribution < 1.29 is 4.39 Å². The molecule has 20 heavy (non-hydrogen) atoms. The zero-order valence-corrected chi connectivity index (χ0v) is 13.1. The van der Waals surface area contributed by atoms with Gasteiger partial charge in [0, 0.05) is 16.9 Å². The quantitative estimate of drug-likeness (QED) is 0.848. The average molecular weight is 292 g/mol. The summed E-state index contributed by atoms with van der Waals surface area (Å²) in [4.78, 5) is 4.93. The van der Waals surface area contributed by atoms with E-state index in [4.69, 9.17) is 4.99 Å². The Morgan fingerprint density at radius 1 is 1.35 bits per heavy atom. The zero-order valence-electron chi connectivity index (χ0n) is 12.2. The minimum Gasteiger partial charge on any atom is -0.360 e. The Bertz CT molecular complexity index is 550. The number of rotatable bonds is 1. The highest BCUT2D eigenvalue weighted by Gasteiger charge is 2.57. The van der Waals surface area contributed by atoms with Gasteiger partial charge < -0.3 is 5.32 Å². The second kappa shape index (κ2) is 4.76. The average Bonchev–Trinajstić information content (AvgIpc) is 3.02. The second-order valence-electron chi connectivity index (χ2n) is 6.73. The fourth-order valence-electron chi connectivity index (χ4n) is 2.89. The predicted molar refractivity (Wildman–Crippen MR) is 83.6 cm³/mol. The number of fused-ring (bicyclic) bond motifs is 1. The van der Waals surface area contributed by atoms with Crippen LogP contribution in [0.15, 0.2) is 29.3 Å². The lowest BCUT2D eigenvalue weighted by Gasteiger charge is -2.24. The topological polar surface area (TPSA) is 24.4 Å². The molecule has 0 amide bonds. The Morgan fingerprint density at radius 3 is 2.80 bits per heavy atom. The SMILES string of the molecule is CC(C)(C)NC1=N[C@]2(c3ccccc3F)C[C@@H]2CCS1. The van der Waals surface area contributed by atoms with Crippen molar-refractivity contribution in [3.8, 4) is 0 Å². The number of aliphatic imine (C=N–C) groups is 1.